The normalized spacial score (nSPS) is 10.3. The standard InChI is InChI=1S/C22H26N4O3.ClH/c1-2-21-24-20(25-29-21)16-28-19-11-9-18(10-12-19)22(27)26(14-6-13-23)15-17-7-4-3-5-8-17;/h3-5,7-12H,2,6,13-16,23H2,1H3;1H. The van der Waals surface area contributed by atoms with Crippen LogP contribution in [0.1, 0.15) is 41.0 Å². The van der Waals surface area contributed by atoms with Crippen molar-refractivity contribution in [2.24, 2.45) is 5.73 Å². The second kappa shape index (κ2) is 11.9. The molecule has 8 heteroatoms. The molecule has 1 aromatic heterocycles. The number of nitrogens with zero attached hydrogens (tertiary/aromatic N) is 3. The Bertz CT molecular complexity index is 900. The second-order valence-electron chi connectivity index (χ2n) is 6.63. The molecule has 0 unspecified atom stereocenters. The van der Waals surface area contributed by atoms with Crippen molar-refractivity contribution in [2.45, 2.75) is 32.9 Å². The van der Waals surface area contributed by atoms with E-state index in [1.165, 1.54) is 0 Å². The van der Waals surface area contributed by atoms with E-state index in [1.807, 2.05) is 42.2 Å². The first-order valence-corrected chi connectivity index (χ1v) is 9.77. The number of nitrogens with two attached hydrogens (primary N) is 1. The van der Waals surface area contributed by atoms with E-state index in [1.54, 1.807) is 24.3 Å². The molecular formula is C22H27ClN4O3. The van der Waals surface area contributed by atoms with E-state index in [0.29, 0.717) is 49.1 Å². The fourth-order valence-corrected chi connectivity index (χ4v) is 2.85. The van der Waals surface area contributed by atoms with E-state index >= 15 is 0 Å². The van der Waals surface area contributed by atoms with E-state index in [4.69, 9.17) is 15.0 Å². The minimum atomic E-state index is -0.0281. The predicted octanol–water partition coefficient (Wildman–Crippen LogP) is 3.62. The summed E-state index contributed by atoms with van der Waals surface area (Å²) >= 11 is 0. The highest BCUT2D eigenvalue weighted by molar-refractivity contribution is 5.94. The second-order valence-corrected chi connectivity index (χ2v) is 6.63. The number of carbonyl (C=O) groups is 1. The van der Waals surface area contributed by atoms with Gasteiger partial charge in [-0.15, -0.1) is 12.4 Å². The monoisotopic (exact) mass is 430 g/mol. The van der Waals surface area contributed by atoms with Crippen LogP contribution in [0, 0.1) is 0 Å². The Morgan fingerprint density at radius 2 is 1.87 bits per heavy atom. The van der Waals surface area contributed by atoms with Crippen LogP contribution >= 0.6 is 12.4 Å². The maximum atomic E-state index is 13.0. The van der Waals surface area contributed by atoms with Crippen molar-refractivity contribution in [2.75, 3.05) is 13.1 Å². The zero-order valence-corrected chi connectivity index (χ0v) is 17.8. The summed E-state index contributed by atoms with van der Waals surface area (Å²) in [5.74, 6) is 1.69. The molecule has 2 aromatic carbocycles. The van der Waals surface area contributed by atoms with Gasteiger partial charge in [-0.3, -0.25) is 4.79 Å². The lowest BCUT2D eigenvalue weighted by molar-refractivity contribution is 0.0742. The molecule has 0 aliphatic carbocycles. The van der Waals surface area contributed by atoms with Crippen LogP contribution in [0.2, 0.25) is 0 Å². The molecule has 0 aliphatic heterocycles. The Hall–Kier alpha value is -2.90. The van der Waals surface area contributed by atoms with Crippen LogP contribution in [0.5, 0.6) is 5.75 Å². The number of benzene rings is 2. The van der Waals surface area contributed by atoms with Gasteiger partial charge < -0.3 is 19.9 Å². The van der Waals surface area contributed by atoms with Crippen LogP contribution in [0.25, 0.3) is 0 Å². The molecular weight excluding hydrogens is 404 g/mol. The summed E-state index contributed by atoms with van der Waals surface area (Å²) < 4.78 is 10.7. The van der Waals surface area contributed by atoms with Gasteiger partial charge >= 0.3 is 0 Å². The molecule has 160 valence electrons. The van der Waals surface area contributed by atoms with Crippen molar-refractivity contribution in [3.8, 4) is 5.75 Å². The fourth-order valence-electron chi connectivity index (χ4n) is 2.85. The third kappa shape index (κ3) is 6.57. The summed E-state index contributed by atoms with van der Waals surface area (Å²) in [5, 5.41) is 3.86. The summed E-state index contributed by atoms with van der Waals surface area (Å²) in [6, 6.07) is 17.0. The third-order valence-electron chi connectivity index (χ3n) is 4.42. The molecule has 0 saturated carbocycles. The van der Waals surface area contributed by atoms with Gasteiger partial charge in [0.1, 0.15) is 5.75 Å². The molecule has 0 saturated heterocycles. The zero-order chi connectivity index (χ0) is 20.5. The van der Waals surface area contributed by atoms with Crippen molar-refractivity contribution in [1.82, 2.24) is 15.0 Å². The number of hydrogen-bond donors (Lipinski definition) is 1. The van der Waals surface area contributed by atoms with Crippen molar-refractivity contribution >= 4 is 18.3 Å². The van der Waals surface area contributed by atoms with E-state index in [0.717, 1.165) is 12.0 Å². The van der Waals surface area contributed by atoms with E-state index in [-0.39, 0.29) is 24.9 Å². The van der Waals surface area contributed by atoms with Gasteiger partial charge in [-0.2, -0.15) is 4.98 Å². The van der Waals surface area contributed by atoms with E-state index in [2.05, 4.69) is 10.1 Å². The lowest BCUT2D eigenvalue weighted by atomic mass is 10.1. The Balaban J connectivity index is 0.00000320. The highest BCUT2D eigenvalue weighted by Gasteiger charge is 2.16. The molecule has 0 fully saturated rings. The number of aromatic nitrogens is 2. The zero-order valence-electron chi connectivity index (χ0n) is 17.0. The molecule has 7 nitrogen and oxygen atoms in total. The van der Waals surface area contributed by atoms with Crippen molar-refractivity contribution in [3.63, 3.8) is 0 Å². The Morgan fingerprint density at radius 1 is 1.13 bits per heavy atom. The van der Waals surface area contributed by atoms with Crippen LogP contribution in [-0.4, -0.2) is 34.0 Å². The lowest BCUT2D eigenvalue weighted by Gasteiger charge is -2.23. The Morgan fingerprint density at radius 3 is 2.50 bits per heavy atom. The van der Waals surface area contributed by atoms with Gasteiger partial charge in [-0.25, -0.2) is 0 Å². The maximum absolute atomic E-state index is 13.0. The summed E-state index contributed by atoms with van der Waals surface area (Å²) in [4.78, 5) is 19.0. The summed E-state index contributed by atoms with van der Waals surface area (Å²) in [7, 11) is 0. The minimum absolute atomic E-state index is 0. The average molecular weight is 431 g/mol. The van der Waals surface area contributed by atoms with Crippen LogP contribution < -0.4 is 10.5 Å². The SMILES string of the molecule is CCc1nc(COc2ccc(C(=O)N(CCCN)Cc3ccccc3)cc2)no1.Cl. The molecule has 1 amide bonds. The number of carbonyl (C=O) groups excluding carboxylic acids is 1. The first-order chi connectivity index (χ1) is 14.2. The molecule has 0 atom stereocenters. The fraction of sp³-hybridized carbons (Fsp3) is 0.318. The third-order valence-corrected chi connectivity index (χ3v) is 4.42. The van der Waals surface area contributed by atoms with E-state index < -0.39 is 0 Å². The topological polar surface area (TPSA) is 94.5 Å². The number of hydrogen-bond acceptors (Lipinski definition) is 6. The lowest BCUT2D eigenvalue weighted by Crippen LogP contribution is -2.32. The van der Waals surface area contributed by atoms with Gasteiger partial charge in [0.05, 0.1) is 0 Å². The number of ether oxygens (including phenoxy) is 1. The molecule has 2 N–H and O–H groups in total. The maximum Gasteiger partial charge on any atom is 0.254 e. The first kappa shape index (κ1) is 23.4. The van der Waals surface area contributed by atoms with Gasteiger partial charge in [0.25, 0.3) is 5.91 Å². The smallest absolute Gasteiger partial charge is 0.254 e. The number of amides is 1. The highest BCUT2D eigenvalue weighted by Crippen LogP contribution is 2.16. The molecule has 0 spiro atoms. The quantitative estimate of drug-likeness (QED) is 0.527. The molecule has 0 radical (unpaired) electrons. The number of aryl methyl sites for hydroxylation is 1. The Labute approximate surface area is 182 Å². The molecule has 0 bridgehead atoms. The van der Waals surface area contributed by atoms with Crippen molar-refractivity contribution in [1.29, 1.82) is 0 Å². The van der Waals surface area contributed by atoms with Crippen LogP contribution in [0.15, 0.2) is 59.1 Å². The van der Waals surface area contributed by atoms with Crippen LogP contribution in [0.4, 0.5) is 0 Å². The Kier molecular flexibility index (Phi) is 9.31. The van der Waals surface area contributed by atoms with Gasteiger partial charge in [0.2, 0.25) is 11.7 Å². The van der Waals surface area contributed by atoms with Gasteiger partial charge in [-0.05, 0) is 42.8 Å². The summed E-state index contributed by atoms with van der Waals surface area (Å²) in [6.07, 6.45) is 1.44. The molecule has 3 rings (SSSR count). The van der Waals surface area contributed by atoms with Crippen molar-refractivity contribution in [3.05, 3.63) is 77.4 Å². The molecule has 1 heterocycles. The van der Waals surface area contributed by atoms with Gasteiger partial charge in [0, 0.05) is 25.1 Å². The molecule has 0 aliphatic rings. The van der Waals surface area contributed by atoms with E-state index in [9.17, 15) is 4.79 Å². The van der Waals surface area contributed by atoms with Crippen LogP contribution in [-0.2, 0) is 19.6 Å². The minimum Gasteiger partial charge on any atom is -0.485 e. The summed E-state index contributed by atoms with van der Waals surface area (Å²) in [6.45, 7) is 3.87. The highest BCUT2D eigenvalue weighted by atomic mass is 35.5. The number of halogens is 1. The van der Waals surface area contributed by atoms with Gasteiger partial charge in [0.15, 0.2) is 6.61 Å². The molecule has 3 aromatic rings. The first-order valence-electron chi connectivity index (χ1n) is 9.77. The molecule has 30 heavy (non-hydrogen) atoms. The predicted molar refractivity (Wildman–Crippen MR) is 117 cm³/mol. The van der Waals surface area contributed by atoms with Crippen LogP contribution in [0.3, 0.4) is 0 Å². The van der Waals surface area contributed by atoms with Crippen molar-refractivity contribution < 1.29 is 14.1 Å². The largest absolute Gasteiger partial charge is 0.485 e. The average Bonchev–Trinajstić information content (AvgIpc) is 3.24. The summed E-state index contributed by atoms with van der Waals surface area (Å²) in [5.41, 5.74) is 7.35. The van der Waals surface area contributed by atoms with Gasteiger partial charge in [-0.1, -0.05) is 42.4 Å². The number of rotatable bonds is 10.